The predicted octanol–water partition coefficient (Wildman–Crippen LogP) is 3.56. The van der Waals surface area contributed by atoms with Gasteiger partial charge in [0.1, 0.15) is 0 Å². The van der Waals surface area contributed by atoms with E-state index in [0.29, 0.717) is 32.6 Å². The van der Waals surface area contributed by atoms with E-state index in [4.69, 9.17) is 0 Å². The van der Waals surface area contributed by atoms with E-state index in [0.717, 1.165) is 36.0 Å². The molecule has 1 saturated heterocycles. The van der Waals surface area contributed by atoms with E-state index >= 15 is 0 Å². The van der Waals surface area contributed by atoms with Gasteiger partial charge in [0.05, 0.1) is 5.92 Å². The zero-order valence-electron chi connectivity index (χ0n) is 17.4. The van der Waals surface area contributed by atoms with E-state index in [2.05, 4.69) is 29.8 Å². The summed E-state index contributed by atoms with van der Waals surface area (Å²) in [5.74, 6) is 0.268. The number of pyridine rings is 1. The van der Waals surface area contributed by atoms with E-state index in [1.54, 1.807) is 18.5 Å². The molecule has 1 aromatic heterocycles. The van der Waals surface area contributed by atoms with Gasteiger partial charge in [-0.3, -0.25) is 14.6 Å². The van der Waals surface area contributed by atoms with Crippen molar-refractivity contribution in [2.24, 2.45) is 11.8 Å². The number of rotatable bonds is 6. The molecule has 2 amide bonds. The van der Waals surface area contributed by atoms with Crippen LogP contribution in [0.15, 0.2) is 61.4 Å². The monoisotopic (exact) mass is 403 g/mol. The van der Waals surface area contributed by atoms with Crippen LogP contribution in [-0.2, 0) is 16.0 Å². The van der Waals surface area contributed by atoms with Gasteiger partial charge in [0.2, 0.25) is 11.8 Å². The minimum atomic E-state index is -0.232. The number of carbonyl (C=O) groups is 2. The second-order valence-electron chi connectivity index (χ2n) is 8.32. The second-order valence-corrected chi connectivity index (χ2v) is 8.32. The smallest absolute Gasteiger partial charge is 0.228 e. The summed E-state index contributed by atoms with van der Waals surface area (Å²) >= 11 is 0. The quantitative estimate of drug-likeness (QED) is 0.693. The van der Waals surface area contributed by atoms with Crippen LogP contribution >= 0.6 is 0 Å². The number of aromatic nitrogens is 1. The molecule has 30 heavy (non-hydrogen) atoms. The lowest BCUT2D eigenvalue weighted by Gasteiger charge is -2.31. The molecule has 1 aliphatic heterocycles. The van der Waals surface area contributed by atoms with Gasteiger partial charge in [0, 0.05) is 44.5 Å². The third-order valence-electron chi connectivity index (χ3n) is 6.28. The van der Waals surface area contributed by atoms with Crippen molar-refractivity contribution in [3.8, 4) is 11.1 Å². The van der Waals surface area contributed by atoms with Crippen LogP contribution in [0.1, 0.15) is 24.8 Å². The topological polar surface area (TPSA) is 53.5 Å². The molecule has 1 unspecified atom stereocenters. The molecule has 156 valence electrons. The minimum Gasteiger partial charge on any atom is -0.340 e. The zero-order valence-corrected chi connectivity index (χ0v) is 17.4. The molecule has 5 heteroatoms. The summed E-state index contributed by atoms with van der Waals surface area (Å²) in [4.78, 5) is 34.0. The maximum Gasteiger partial charge on any atom is 0.228 e. The van der Waals surface area contributed by atoms with Gasteiger partial charge in [-0.15, -0.1) is 6.58 Å². The fourth-order valence-corrected chi connectivity index (χ4v) is 4.35. The first-order valence-electron chi connectivity index (χ1n) is 10.8. The summed E-state index contributed by atoms with van der Waals surface area (Å²) in [7, 11) is 0. The third-order valence-corrected chi connectivity index (χ3v) is 6.28. The van der Waals surface area contributed by atoms with Crippen LogP contribution in [0, 0.1) is 11.8 Å². The molecule has 2 aromatic rings. The molecule has 5 nitrogen and oxygen atoms in total. The summed E-state index contributed by atoms with van der Waals surface area (Å²) in [5.41, 5.74) is 3.33. The van der Waals surface area contributed by atoms with Gasteiger partial charge in [0.15, 0.2) is 0 Å². The van der Waals surface area contributed by atoms with Crippen molar-refractivity contribution < 1.29 is 9.59 Å². The first-order chi connectivity index (χ1) is 14.7. The number of nitrogens with zero attached hydrogens (tertiary/aromatic N) is 3. The van der Waals surface area contributed by atoms with E-state index in [1.165, 1.54) is 0 Å². The Balaban J connectivity index is 1.55. The van der Waals surface area contributed by atoms with Crippen molar-refractivity contribution in [3.63, 3.8) is 0 Å². The first-order valence-corrected chi connectivity index (χ1v) is 10.8. The maximum absolute atomic E-state index is 13.2. The van der Waals surface area contributed by atoms with Crippen LogP contribution in [0.5, 0.6) is 0 Å². The maximum atomic E-state index is 13.2. The molecule has 2 heterocycles. The van der Waals surface area contributed by atoms with Crippen molar-refractivity contribution in [2.45, 2.75) is 25.7 Å². The Morgan fingerprint density at radius 1 is 1.13 bits per heavy atom. The highest BCUT2D eigenvalue weighted by Crippen LogP contribution is 2.30. The Morgan fingerprint density at radius 3 is 2.63 bits per heavy atom. The Bertz CT molecular complexity index is 908. The molecule has 1 saturated carbocycles. The van der Waals surface area contributed by atoms with Crippen molar-refractivity contribution in [2.75, 3.05) is 26.2 Å². The first kappa shape index (κ1) is 20.3. The highest BCUT2D eigenvalue weighted by molar-refractivity contribution is 5.83. The molecule has 0 spiro atoms. The number of benzene rings is 1. The Kier molecular flexibility index (Phi) is 6.26. The fourth-order valence-electron chi connectivity index (χ4n) is 4.35. The average Bonchev–Trinajstić information content (AvgIpc) is 2.88. The van der Waals surface area contributed by atoms with E-state index in [9.17, 15) is 9.59 Å². The summed E-state index contributed by atoms with van der Waals surface area (Å²) < 4.78 is 0. The van der Waals surface area contributed by atoms with Crippen LogP contribution in [0.4, 0.5) is 0 Å². The standard InChI is InChI=1S/C25H29N3O2/c1-2-13-27-14-15-28(24(29)21-6-4-7-21)18-23(25(27)30)17-19-5-3-8-22(16-19)20-9-11-26-12-10-20/h2-3,5,8-12,16,21,23H,1,4,6-7,13-15,17-18H2. The van der Waals surface area contributed by atoms with Gasteiger partial charge in [-0.1, -0.05) is 36.8 Å². The molecular formula is C25H29N3O2. The summed E-state index contributed by atoms with van der Waals surface area (Å²) in [6.45, 7) is 6.02. The molecule has 0 radical (unpaired) electrons. The fraction of sp³-hybridized carbons (Fsp3) is 0.400. The summed E-state index contributed by atoms with van der Waals surface area (Å²) in [6.07, 6.45) is 9.07. The molecule has 0 N–H and O–H groups in total. The van der Waals surface area contributed by atoms with Gasteiger partial charge in [-0.05, 0) is 48.1 Å². The number of hydrogen-bond donors (Lipinski definition) is 0. The third kappa shape index (κ3) is 4.45. The number of carbonyl (C=O) groups excluding carboxylic acids is 2. The Hall–Kier alpha value is -2.95. The van der Waals surface area contributed by atoms with Gasteiger partial charge in [0.25, 0.3) is 0 Å². The molecule has 1 aliphatic carbocycles. The van der Waals surface area contributed by atoms with E-state index < -0.39 is 0 Å². The SMILES string of the molecule is C=CCN1CCN(C(=O)C2CCC2)CC(Cc2cccc(-c3ccncc3)c2)C1=O. The van der Waals surface area contributed by atoms with Gasteiger partial charge in [-0.25, -0.2) is 0 Å². The van der Waals surface area contributed by atoms with Crippen LogP contribution in [0.25, 0.3) is 11.1 Å². The van der Waals surface area contributed by atoms with Crippen molar-refractivity contribution >= 4 is 11.8 Å². The molecule has 1 atom stereocenters. The molecule has 2 fully saturated rings. The molecule has 0 bridgehead atoms. The van der Waals surface area contributed by atoms with Gasteiger partial charge < -0.3 is 9.80 Å². The number of hydrogen-bond acceptors (Lipinski definition) is 3. The van der Waals surface area contributed by atoms with Crippen LogP contribution in [0.3, 0.4) is 0 Å². The van der Waals surface area contributed by atoms with Crippen molar-refractivity contribution in [1.82, 2.24) is 14.8 Å². The lowest BCUT2D eigenvalue weighted by molar-refractivity contribution is -0.138. The lowest BCUT2D eigenvalue weighted by Crippen LogP contribution is -2.42. The molecule has 4 rings (SSSR count). The van der Waals surface area contributed by atoms with Crippen molar-refractivity contribution in [3.05, 3.63) is 67.0 Å². The average molecular weight is 404 g/mol. The van der Waals surface area contributed by atoms with E-state index in [-0.39, 0.29) is 23.7 Å². The highest BCUT2D eigenvalue weighted by Gasteiger charge is 2.35. The van der Waals surface area contributed by atoms with Crippen LogP contribution in [-0.4, -0.2) is 52.8 Å². The van der Waals surface area contributed by atoms with Gasteiger partial charge in [-0.2, -0.15) is 0 Å². The Morgan fingerprint density at radius 2 is 1.93 bits per heavy atom. The van der Waals surface area contributed by atoms with Crippen LogP contribution < -0.4 is 0 Å². The van der Waals surface area contributed by atoms with E-state index in [1.807, 2.05) is 28.0 Å². The number of amides is 2. The molecule has 1 aromatic carbocycles. The Labute approximate surface area is 178 Å². The summed E-state index contributed by atoms with van der Waals surface area (Å²) in [5, 5.41) is 0. The zero-order chi connectivity index (χ0) is 20.9. The second kappa shape index (κ2) is 9.24. The van der Waals surface area contributed by atoms with Crippen LogP contribution in [0.2, 0.25) is 0 Å². The minimum absolute atomic E-state index is 0.119. The summed E-state index contributed by atoms with van der Waals surface area (Å²) in [6, 6.07) is 12.3. The highest BCUT2D eigenvalue weighted by atomic mass is 16.2. The lowest BCUT2D eigenvalue weighted by atomic mass is 9.84. The predicted molar refractivity (Wildman–Crippen MR) is 118 cm³/mol. The normalized spacial score (nSPS) is 19.9. The van der Waals surface area contributed by atoms with Gasteiger partial charge >= 0.3 is 0 Å². The molecular weight excluding hydrogens is 374 g/mol. The molecule has 2 aliphatic rings. The largest absolute Gasteiger partial charge is 0.340 e. The van der Waals surface area contributed by atoms with Crippen molar-refractivity contribution in [1.29, 1.82) is 0 Å².